The zero-order valence-corrected chi connectivity index (χ0v) is 14.1. The van der Waals surface area contributed by atoms with Crippen LogP contribution in [0.1, 0.15) is 6.42 Å². The molecule has 0 aromatic carbocycles. The zero-order chi connectivity index (χ0) is 15.9. The van der Waals surface area contributed by atoms with E-state index in [4.69, 9.17) is 5.11 Å². The molecule has 7 nitrogen and oxygen atoms in total. The van der Waals surface area contributed by atoms with E-state index >= 15 is 0 Å². The molecule has 0 saturated carbocycles. The van der Waals surface area contributed by atoms with Crippen LogP contribution in [0.25, 0.3) is 0 Å². The smallest absolute Gasteiger partial charge is 0.240 e. The van der Waals surface area contributed by atoms with Crippen molar-refractivity contribution in [2.24, 2.45) is 0 Å². The van der Waals surface area contributed by atoms with Gasteiger partial charge in [-0.1, -0.05) is 0 Å². The number of carbonyl (C=O) groups is 2. The summed E-state index contributed by atoms with van der Waals surface area (Å²) < 4.78 is 12.4. The number of amides is 2. The van der Waals surface area contributed by atoms with Crippen LogP contribution in [0.2, 0.25) is 0 Å². The van der Waals surface area contributed by atoms with Crippen LogP contribution in [0, 0.1) is 0 Å². The molecule has 1 atom stereocenters. The molecule has 2 heterocycles. The minimum Gasteiger partial charge on any atom is -0.395 e. The average Bonchev–Trinajstić information content (AvgIpc) is 2.52. The van der Waals surface area contributed by atoms with Gasteiger partial charge in [0.15, 0.2) is 0 Å². The van der Waals surface area contributed by atoms with E-state index in [1.807, 2.05) is 0 Å². The van der Waals surface area contributed by atoms with Crippen molar-refractivity contribution >= 4 is 24.2 Å². The molecule has 9 heteroatoms. The number of alkyl halides is 1. The van der Waals surface area contributed by atoms with Crippen molar-refractivity contribution in [1.29, 1.82) is 0 Å². The monoisotopic (exact) mass is 352 g/mol. The lowest BCUT2D eigenvalue weighted by molar-refractivity contribution is -0.141. The molecular weight excluding hydrogens is 327 g/mol. The third kappa shape index (κ3) is 5.56. The molecule has 1 unspecified atom stereocenters. The van der Waals surface area contributed by atoms with Gasteiger partial charge in [0.05, 0.1) is 19.1 Å². The van der Waals surface area contributed by atoms with Crippen molar-refractivity contribution in [1.82, 2.24) is 20.0 Å². The van der Waals surface area contributed by atoms with Gasteiger partial charge >= 0.3 is 0 Å². The average molecular weight is 353 g/mol. The number of halogens is 2. The maximum Gasteiger partial charge on any atom is 0.240 e. The van der Waals surface area contributed by atoms with E-state index in [0.29, 0.717) is 32.7 Å². The highest BCUT2D eigenvalue weighted by molar-refractivity contribution is 5.89. The maximum absolute atomic E-state index is 12.4. The van der Waals surface area contributed by atoms with E-state index in [9.17, 15) is 14.0 Å². The van der Waals surface area contributed by atoms with Crippen molar-refractivity contribution < 1.29 is 19.1 Å². The minimum atomic E-state index is -0.556. The first kappa shape index (κ1) is 20.1. The fraction of sp³-hybridized carbons (Fsp3) is 0.857. The number of hydrogen-bond acceptors (Lipinski definition) is 5. The fourth-order valence-corrected chi connectivity index (χ4v) is 2.94. The number of piperazine rings is 2. The first-order valence-corrected chi connectivity index (χ1v) is 7.85. The number of aliphatic hydroxyl groups is 1. The van der Waals surface area contributed by atoms with E-state index < -0.39 is 12.7 Å². The number of nitrogens with one attached hydrogen (secondary N) is 1. The number of β-amino-alcohol motifs (C(OH)–C–C–N with tert-alkyl or cyclic N) is 1. The van der Waals surface area contributed by atoms with Crippen LogP contribution in [0.5, 0.6) is 0 Å². The Hall–Kier alpha value is -0.960. The van der Waals surface area contributed by atoms with Gasteiger partial charge in [-0.2, -0.15) is 0 Å². The first-order valence-electron chi connectivity index (χ1n) is 7.85. The number of hydrogen-bond donors (Lipinski definition) is 2. The largest absolute Gasteiger partial charge is 0.395 e. The Morgan fingerprint density at radius 1 is 1.22 bits per heavy atom. The number of rotatable bonds is 6. The molecular formula is C14H26ClFN4O3. The molecule has 0 aromatic heterocycles. The Morgan fingerprint density at radius 2 is 1.91 bits per heavy atom. The summed E-state index contributed by atoms with van der Waals surface area (Å²) in [6, 6.07) is -0.539. The van der Waals surface area contributed by atoms with Gasteiger partial charge < -0.3 is 20.2 Å². The van der Waals surface area contributed by atoms with Gasteiger partial charge in [-0.3, -0.25) is 14.5 Å². The molecule has 2 aliphatic heterocycles. The van der Waals surface area contributed by atoms with E-state index in [-0.39, 0.29) is 43.8 Å². The van der Waals surface area contributed by atoms with E-state index in [1.165, 1.54) is 4.90 Å². The Balaban J connectivity index is 0.00000264. The van der Waals surface area contributed by atoms with Crippen molar-refractivity contribution in [3.63, 3.8) is 0 Å². The summed E-state index contributed by atoms with van der Waals surface area (Å²) in [5.41, 5.74) is 0. The van der Waals surface area contributed by atoms with Gasteiger partial charge in [0, 0.05) is 52.4 Å². The lowest BCUT2D eigenvalue weighted by atomic mass is 10.1. The van der Waals surface area contributed by atoms with Crippen LogP contribution < -0.4 is 5.32 Å². The summed E-state index contributed by atoms with van der Waals surface area (Å²) in [6.45, 7) is 4.10. The van der Waals surface area contributed by atoms with Crippen LogP contribution in [-0.2, 0) is 9.59 Å². The van der Waals surface area contributed by atoms with E-state index in [2.05, 4.69) is 10.2 Å². The van der Waals surface area contributed by atoms with Crippen LogP contribution in [-0.4, -0.2) is 103 Å². The van der Waals surface area contributed by atoms with Crippen molar-refractivity contribution in [3.8, 4) is 0 Å². The Labute approximate surface area is 142 Å². The lowest BCUT2D eigenvalue weighted by Crippen LogP contribution is -2.57. The van der Waals surface area contributed by atoms with Crippen molar-refractivity contribution in [3.05, 3.63) is 0 Å². The van der Waals surface area contributed by atoms with Gasteiger partial charge in [-0.15, -0.1) is 12.4 Å². The fourth-order valence-electron chi connectivity index (χ4n) is 2.94. The van der Waals surface area contributed by atoms with Gasteiger partial charge in [-0.05, 0) is 0 Å². The van der Waals surface area contributed by atoms with Crippen LogP contribution in [0.15, 0.2) is 0 Å². The highest BCUT2D eigenvalue weighted by Crippen LogP contribution is 2.09. The summed E-state index contributed by atoms with van der Waals surface area (Å²) in [5, 5.41) is 12.0. The standard InChI is InChI=1S/C14H25FN4O3.ClH/c15-1-3-19-4-2-16-12(14(19)22)11-13(21)18-7-5-17(6-8-18)9-10-20;/h12,16,20H,1-11H2;1H. The van der Waals surface area contributed by atoms with Crippen LogP contribution in [0.3, 0.4) is 0 Å². The van der Waals surface area contributed by atoms with Gasteiger partial charge in [0.25, 0.3) is 0 Å². The topological polar surface area (TPSA) is 76.1 Å². The van der Waals surface area contributed by atoms with E-state index in [1.54, 1.807) is 4.90 Å². The molecule has 23 heavy (non-hydrogen) atoms. The van der Waals surface area contributed by atoms with E-state index in [0.717, 1.165) is 13.1 Å². The SMILES string of the molecule is Cl.O=C(CC1NCCN(CCF)C1=O)N1CCN(CCO)CC1. The Morgan fingerprint density at radius 3 is 2.52 bits per heavy atom. The normalized spacial score (nSPS) is 22.9. The second kappa shape index (κ2) is 10.0. The molecule has 0 aliphatic carbocycles. The summed E-state index contributed by atoms with van der Waals surface area (Å²) >= 11 is 0. The molecule has 0 bridgehead atoms. The summed E-state index contributed by atoms with van der Waals surface area (Å²) in [4.78, 5) is 29.8. The van der Waals surface area contributed by atoms with Crippen LogP contribution >= 0.6 is 12.4 Å². The summed E-state index contributed by atoms with van der Waals surface area (Å²) in [6.07, 6.45) is 0.127. The van der Waals surface area contributed by atoms with Crippen molar-refractivity contribution in [2.45, 2.75) is 12.5 Å². The molecule has 0 spiro atoms. The molecule has 2 N–H and O–H groups in total. The molecule has 2 fully saturated rings. The Bertz CT molecular complexity index is 392. The number of nitrogens with zero attached hydrogens (tertiary/aromatic N) is 3. The second-order valence-corrected chi connectivity index (χ2v) is 5.67. The molecule has 134 valence electrons. The number of carbonyl (C=O) groups excluding carboxylic acids is 2. The van der Waals surface area contributed by atoms with Gasteiger partial charge in [0.2, 0.25) is 11.8 Å². The Kier molecular flexibility index (Phi) is 8.75. The first-order chi connectivity index (χ1) is 10.7. The summed E-state index contributed by atoms with van der Waals surface area (Å²) in [7, 11) is 0. The van der Waals surface area contributed by atoms with Crippen molar-refractivity contribution in [2.75, 3.05) is 65.6 Å². The lowest BCUT2D eigenvalue weighted by Gasteiger charge is -2.36. The predicted octanol–water partition coefficient (Wildman–Crippen LogP) is -1.30. The third-order valence-corrected chi connectivity index (χ3v) is 4.26. The predicted molar refractivity (Wildman–Crippen MR) is 86.3 cm³/mol. The number of aliphatic hydroxyl groups excluding tert-OH is 1. The third-order valence-electron chi connectivity index (χ3n) is 4.26. The highest BCUT2D eigenvalue weighted by Gasteiger charge is 2.31. The molecule has 2 saturated heterocycles. The van der Waals surface area contributed by atoms with Crippen LogP contribution in [0.4, 0.5) is 4.39 Å². The maximum atomic E-state index is 12.4. The highest BCUT2D eigenvalue weighted by atomic mass is 35.5. The van der Waals surface area contributed by atoms with Gasteiger partial charge in [-0.25, -0.2) is 4.39 Å². The quantitative estimate of drug-likeness (QED) is 0.622. The summed E-state index contributed by atoms with van der Waals surface area (Å²) in [5.74, 6) is -0.229. The zero-order valence-electron chi connectivity index (χ0n) is 13.2. The molecule has 2 rings (SSSR count). The molecule has 0 aromatic rings. The molecule has 2 amide bonds. The second-order valence-electron chi connectivity index (χ2n) is 5.67. The minimum absolute atomic E-state index is 0. The van der Waals surface area contributed by atoms with Gasteiger partial charge in [0.1, 0.15) is 6.67 Å². The molecule has 2 aliphatic rings. The molecule has 0 radical (unpaired) electrons.